The highest BCUT2D eigenvalue weighted by Crippen LogP contribution is 2.68. The Morgan fingerprint density at radius 3 is 2.58 bits per heavy atom. The smallest absolute Gasteiger partial charge is 0.303 e. The summed E-state index contributed by atoms with van der Waals surface area (Å²) in [5.74, 6) is 0.884. The molecular formula is C24H39N3O4. The average molecular weight is 434 g/mol. The van der Waals surface area contributed by atoms with Gasteiger partial charge in [0.2, 0.25) is 0 Å². The van der Waals surface area contributed by atoms with E-state index in [2.05, 4.69) is 30.8 Å². The molecule has 0 amide bonds. The highest BCUT2D eigenvalue weighted by molar-refractivity contribution is 5.66. The van der Waals surface area contributed by atoms with E-state index in [4.69, 9.17) is 10.6 Å². The highest BCUT2D eigenvalue weighted by atomic mass is 16.4. The second kappa shape index (κ2) is 8.24. The lowest BCUT2D eigenvalue weighted by atomic mass is 9.43. The van der Waals surface area contributed by atoms with Gasteiger partial charge in [-0.3, -0.25) is 4.79 Å². The summed E-state index contributed by atoms with van der Waals surface area (Å²) in [6, 6.07) is 0.0246. The molecule has 0 aromatic carbocycles. The fourth-order valence-corrected chi connectivity index (χ4v) is 8.86. The minimum atomic E-state index is -0.756. The third-order valence-electron chi connectivity index (χ3n) is 10.5. The van der Waals surface area contributed by atoms with Crippen LogP contribution in [0.5, 0.6) is 0 Å². The molecule has 4 rings (SSSR count). The number of rotatable bonds is 5. The van der Waals surface area contributed by atoms with Gasteiger partial charge in [-0.05, 0) is 103 Å². The number of azide groups is 1. The number of carbonyl (C=O) groups is 1. The van der Waals surface area contributed by atoms with Crippen LogP contribution in [0.3, 0.4) is 0 Å². The van der Waals surface area contributed by atoms with E-state index >= 15 is 0 Å². The van der Waals surface area contributed by atoms with Gasteiger partial charge >= 0.3 is 5.97 Å². The van der Waals surface area contributed by atoms with Gasteiger partial charge in [0.1, 0.15) is 0 Å². The molecule has 174 valence electrons. The zero-order valence-electron chi connectivity index (χ0n) is 19.2. The Kier molecular flexibility index (Phi) is 6.08. The SMILES string of the molecule is C[C@H](CCC(=O)O)[C@H]1CCC2C3C(C[C@H](O)[C@@]21C)[C@@]1(C)CC[C@H](N=[N+]=[N-])CC1C[C@H]3O. The molecule has 7 nitrogen and oxygen atoms in total. The molecule has 4 fully saturated rings. The van der Waals surface area contributed by atoms with Gasteiger partial charge in [0.05, 0.1) is 12.2 Å². The third-order valence-corrected chi connectivity index (χ3v) is 10.5. The van der Waals surface area contributed by atoms with Crippen molar-refractivity contribution in [3.8, 4) is 0 Å². The summed E-state index contributed by atoms with van der Waals surface area (Å²) in [5, 5.41) is 36.0. The predicted molar refractivity (Wildman–Crippen MR) is 117 cm³/mol. The van der Waals surface area contributed by atoms with Crippen LogP contribution in [-0.2, 0) is 4.79 Å². The van der Waals surface area contributed by atoms with Crippen LogP contribution in [0, 0.1) is 46.3 Å². The molecule has 3 N–H and O–H groups in total. The lowest BCUT2D eigenvalue weighted by Crippen LogP contribution is -2.62. The van der Waals surface area contributed by atoms with Crippen molar-refractivity contribution in [3.05, 3.63) is 10.4 Å². The maximum atomic E-state index is 11.5. The Morgan fingerprint density at radius 1 is 1.16 bits per heavy atom. The zero-order chi connectivity index (χ0) is 22.6. The number of aliphatic hydroxyl groups is 2. The van der Waals surface area contributed by atoms with Crippen molar-refractivity contribution in [1.29, 1.82) is 0 Å². The van der Waals surface area contributed by atoms with Gasteiger partial charge in [0, 0.05) is 17.4 Å². The number of aliphatic carboxylic acids is 1. The topological polar surface area (TPSA) is 127 Å². The minimum Gasteiger partial charge on any atom is -0.481 e. The fourth-order valence-electron chi connectivity index (χ4n) is 8.86. The lowest BCUT2D eigenvalue weighted by Gasteiger charge is -2.63. The van der Waals surface area contributed by atoms with E-state index < -0.39 is 12.1 Å². The number of nitrogens with zero attached hydrogens (tertiary/aromatic N) is 3. The average Bonchev–Trinajstić information content (AvgIpc) is 3.07. The molecule has 7 heteroatoms. The number of carboxylic acids is 1. The van der Waals surface area contributed by atoms with Gasteiger partial charge in [-0.1, -0.05) is 25.9 Å². The Labute approximate surface area is 185 Å². The van der Waals surface area contributed by atoms with Crippen LogP contribution in [0.4, 0.5) is 0 Å². The zero-order valence-corrected chi connectivity index (χ0v) is 19.2. The maximum absolute atomic E-state index is 11.5. The van der Waals surface area contributed by atoms with E-state index in [9.17, 15) is 15.0 Å². The van der Waals surface area contributed by atoms with Crippen molar-refractivity contribution in [2.45, 2.75) is 96.8 Å². The summed E-state index contributed by atoms with van der Waals surface area (Å²) in [6.07, 6.45) is 6.24. The van der Waals surface area contributed by atoms with Crippen LogP contribution < -0.4 is 0 Å². The lowest BCUT2D eigenvalue weighted by molar-refractivity contribution is -0.202. The molecule has 4 unspecified atom stereocenters. The monoisotopic (exact) mass is 433 g/mol. The van der Waals surface area contributed by atoms with E-state index in [1.54, 1.807) is 0 Å². The molecular weight excluding hydrogens is 394 g/mol. The summed E-state index contributed by atoms with van der Waals surface area (Å²) in [6.45, 7) is 6.71. The molecule has 0 heterocycles. The molecule has 4 aliphatic rings. The fraction of sp³-hybridized carbons (Fsp3) is 0.958. The van der Waals surface area contributed by atoms with E-state index in [0.717, 1.165) is 44.9 Å². The van der Waals surface area contributed by atoms with Crippen LogP contribution in [0.2, 0.25) is 0 Å². The Hall–Kier alpha value is -1.30. The van der Waals surface area contributed by atoms with Crippen molar-refractivity contribution >= 4 is 5.97 Å². The number of carboxylic acid groups (broad SMARTS) is 1. The molecule has 0 radical (unpaired) electrons. The van der Waals surface area contributed by atoms with Crippen molar-refractivity contribution in [1.82, 2.24) is 0 Å². The minimum absolute atomic E-state index is 0.0246. The van der Waals surface area contributed by atoms with Gasteiger partial charge in [-0.25, -0.2) is 0 Å². The number of hydrogen-bond acceptors (Lipinski definition) is 4. The first-order valence-electron chi connectivity index (χ1n) is 12.2. The first-order valence-corrected chi connectivity index (χ1v) is 12.2. The maximum Gasteiger partial charge on any atom is 0.303 e. The number of fused-ring (bicyclic) bond motifs is 5. The molecule has 31 heavy (non-hydrogen) atoms. The van der Waals surface area contributed by atoms with Gasteiger partial charge in [0.25, 0.3) is 0 Å². The Balaban J connectivity index is 1.59. The summed E-state index contributed by atoms with van der Waals surface area (Å²) in [7, 11) is 0. The number of aliphatic hydroxyl groups excluding tert-OH is 2. The first-order chi connectivity index (χ1) is 14.6. The summed E-state index contributed by atoms with van der Waals surface area (Å²) in [5.41, 5.74) is 8.68. The Morgan fingerprint density at radius 2 is 1.90 bits per heavy atom. The molecule has 0 aliphatic heterocycles. The Bertz CT molecular complexity index is 755. The first kappa shape index (κ1) is 22.9. The standard InChI is InChI=1S/C24H39N3O4/c1-13(4-7-21(30)31)16-5-6-17-22-18(12-20(29)24(16,17)3)23(2)9-8-15(26-27-25)10-14(23)11-19(22)28/h13-20,22,28-29H,4-12H2,1-3H3,(H,30,31)/t13-,14?,15+,16-,17?,18?,19-,20+,22?,23+,24-/m1/s1. The van der Waals surface area contributed by atoms with Gasteiger partial charge < -0.3 is 15.3 Å². The van der Waals surface area contributed by atoms with E-state index in [-0.39, 0.29) is 53.1 Å². The van der Waals surface area contributed by atoms with Crippen LogP contribution in [0.15, 0.2) is 5.11 Å². The van der Waals surface area contributed by atoms with E-state index in [0.29, 0.717) is 18.3 Å². The van der Waals surface area contributed by atoms with Crippen molar-refractivity contribution in [2.75, 3.05) is 0 Å². The third kappa shape index (κ3) is 3.57. The second-order valence-electron chi connectivity index (χ2n) is 11.6. The van der Waals surface area contributed by atoms with Gasteiger partial charge in [-0.15, -0.1) is 0 Å². The summed E-state index contributed by atoms with van der Waals surface area (Å²) >= 11 is 0. The van der Waals surface area contributed by atoms with Crippen LogP contribution >= 0.6 is 0 Å². The molecule has 0 aromatic heterocycles. The van der Waals surface area contributed by atoms with Crippen LogP contribution in [0.1, 0.15) is 78.6 Å². The predicted octanol–water partition coefficient (Wildman–Crippen LogP) is 4.77. The van der Waals surface area contributed by atoms with Gasteiger partial charge in [0.15, 0.2) is 0 Å². The molecule has 0 saturated heterocycles. The van der Waals surface area contributed by atoms with Crippen molar-refractivity contribution < 1.29 is 20.1 Å². The molecule has 11 atom stereocenters. The highest BCUT2D eigenvalue weighted by Gasteiger charge is 2.65. The van der Waals surface area contributed by atoms with Crippen molar-refractivity contribution in [3.63, 3.8) is 0 Å². The molecule has 4 saturated carbocycles. The van der Waals surface area contributed by atoms with E-state index in [1.807, 2.05) is 0 Å². The van der Waals surface area contributed by atoms with Crippen LogP contribution in [-0.4, -0.2) is 39.5 Å². The quantitative estimate of drug-likeness (QED) is 0.328. The molecule has 0 spiro atoms. The van der Waals surface area contributed by atoms with Crippen molar-refractivity contribution in [2.24, 2.45) is 51.5 Å². The van der Waals surface area contributed by atoms with E-state index in [1.165, 1.54) is 0 Å². The largest absolute Gasteiger partial charge is 0.481 e. The number of hydrogen-bond donors (Lipinski definition) is 3. The molecule has 0 aromatic rings. The van der Waals surface area contributed by atoms with Crippen LogP contribution in [0.25, 0.3) is 10.4 Å². The summed E-state index contributed by atoms with van der Waals surface area (Å²) < 4.78 is 0. The summed E-state index contributed by atoms with van der Waals surface area (Å²) in [4.78, 5) is 14.1. The molecule has 0 bridgehead atoms. The second-order valence-corrected chi connectivity index (χ2v) is 11.6. The normalized spacial score (nSPS) is 49.8. The molecule has 4 aliphatic carbocycles. The van der Waals surface area contributed by atoms with Gasteiger partial charge in [-0.2, -0.15) is 0 Å².